The predicted octanol–water partition coefficient (Wildman–Crippen LogP) is 1.18. The van der Waals surface area contributed by atoms with E-state index in [1.807, 2.05) is 0 Å². The second-order valence-corrected chi connectivity index (χ2v) is 3.50. The molecule has 0 radical (unpaired) electrons. The molecule has 2 N–H and O–H groups in total. The summed E-state index contributed by atoms with van der Waals surface area (Å²) in [6, 6.07) is 0. The van der Waals surface area contributed by atoms with E-state index in [-0.39, 0.29) is 5.91 Å². The Kier molecular flexibility index (Phi) is 6.45. The van der Waals surface area contributed by atoms with Crippen LogP contribution < -0.4 is 5.32 Å². The number of carbonyl (C=O) groups excluding carboxylic acids is 1. The lowest BCUT2D eigenvalue weighted by atomic mass is 10.1. The topological polar surface area (TPSA) is 66.4 Å². The van der Waals surface area contributed by atoms with E-state index in [0.717, 1.165) is 25.0 Å². The van der Waals surface area contributed by atoms with Gasteiger partial charge in [-0.1, -0.05) is 13.8 Å². The van der Waals surface area contributed by atoms with E-state index in [9.17, 15) is 9.59 Å². The minimum atomic E-state index is -1.11. The molecule has 14 heavy (non-hydrogen) atoms. The summed E-state index contributed by atoms with van der Waals surface area (Å²) in [6.45, 7) is 4.83. The van der Waals surface area contributed by atoms with Gasteiger partial charge < -0.3 is 10.4 Å². The number of nitrogens with one attached hydrogen (secondary N) is 1. The molecule has 4 nitrogen and oxygen atoms in total. The van der Waals surface area contributed by atoms with Gasteiger partial charge in [-0.15, -0.1) is 0 Å². The van der Waals surface area contributed by atoms with Gasteiger partial charge in [-0.05, 0) is 18.8 Å². The molecule has 4 heteroatoms. The molecular weight excluding hydrogens is 182 g/mol. The van der Waals surface area contributed by atoms with Crippen molar-refractivity contribution in [2.45, 2.75) is 26.7 Å². The fourth-order valence-electron chi connectivity index (χ4n) is 0.928. The fourth-order valence-corrected chi connectivity index (χ4v) is 0.928. The zero-order valence-electron chi connectivity index (χ0n) is 8.62. The fraction of sp³-hybridized carbons (Fsp3) is 0.600. The monoisotopic (exact) mass is 199 g/mol. The first-order valence-electron chi connectivity index (χ1n) is 4.71. The van der Waals surface area contributed by atoms with Crippen molar-refractivity contribution in [1.82, 2.24) is 5.32 Å². The lowest BCUT2D eigenvalue weighted by Crippen LogP contribution is -2.22. The van der Waals surface area contributed by atoms with Gasteiger partial charge in [-0.3, -0.25) is 4.79 Å². The molecule has 0 aromatic heterocycles. The minimum Gasteiger partial charge on any atom is -0.478 e. The molecule has 1 amide bonds. The van der Waals surface area contributed by atoms with E-state index in [0.29, 0.717) is 12.5 Å². The highest BCUT2D eigenvalue weighted by Crippen LogP contribution is 2.01. The smallest absolute Gasteiger partial charge is 0.328 e. The Bertz CT molecular complexity index is 221. The predicted molar refractivity (Wildman–Crippen MR) is 53.9 cm³/mol. The maximum Gasteiger partial charge on any atom is 0.328 e. The molecule has 0 spiro atoms. The Balaban J connectivity index is 3.50. The van der Waals surface area contributed by atoms with E-state index >= 15 is 0 Å². The summed E-state index contributed by atoms with van der Waals surface area (Å²) in [7, 11) is 0. The van der Waals surface area contributed by atoms with Gasteiger partial charge in [0.25, 0.3) is 0 Å². The molecule has 0 atom stereocenters. The van der Waals surface area contributed by atoms with Crippen molar-refractivity contribution in [3.05, 3.63) is 12.2 Å². The number of rotatable bonds is 6. The van der Waals surface area contributed by atoms with Crippen LogP contribution in [0.25, 0.3) is 0 Å². The summed E-state index contributed by atoms with van der Waals surface area (Å²) in [5, 5.41) is 10.8. The third kappa shape index (κ3) is 8.77. The summed E-state index contributed by atoms with van der Waals surface area (Å²) in [4.78, 5) is 21.0. The molecule has 0 rings (SSSR count). The molecule has 0 unspecified atom stereocenters. The van der Waals surface area contributed by atoms with E-state index in [1.165, 1.54) is 0 Å². The molecule has 0 aliphatic carbocycles. The molecule has 0 aliphatic rings. The van der Waals surface area contributed by atoms with Crippen LogP contribution in [0.3, 0.4) is 0 Å². The normalized spacial score (nSPS) is 10.8. The molecule has 0 heterocycles. The third-order valence-electron chi connectivity index (χ3n) is 1.63. The molecule has 0 saturated carbocycles. The molecule has 0 aliphatic heterocycles. The van der Waals surface area contributed by atoms with Gasteiger partial charge in [0.05, 0.1) is 0 Å². The number of carbonyl (C=O) groups is 2. The van der Waals surface area contributed by atoms with Crippen LogP contribution in [-0.4, -0.2) is 23.5 Å². The van der Waals surface area contributed by atoms with Gasteiger partial charge in [0.15, 0.2) is 0 Å². The first kappa shape index (κ1) is 12.7. The zero-order chi connectivity index (χ0) is 11.0. The first-order chi connectivity index (χ1) is 6.52. The van der Waals surface area contributed by atoms with Gasteiger partial charge in [-0.2, -0.15) is 0 Å². The van der Waals surface area contributed by atoms with Crippen LogP contribution in [0.1, 0.15) is 26.7 Å². The number of hydrogen-bond donors (Lipinski definition) is 2. The van der Waals surface area contributed by atoms with Crippen molar-refractivity contribution >= 4 is 11.9 Å². The van der Waals surface area contributed by atoms with Crippen molar-refractivity contribution in [3.8, 4) is 0 Å². The summed E-state index contributed by atoms with van der Waals surface area (Å²) >= 11 is 0. The highest BCUT2D eigenvalue weighted by molar-refractivity contribution is 5.93. The molecule has 0 fully saturated rings. The second-order valence-electron chi connectivity index (χ2n) is 3.50. The van der Waals surface area contributed by atoms with Gasteiger partial charge >= 0.3 is 5.97 Å². The average Bonchev–Trinajstić information content (AvgIpc) is 2.08. The number of aliphatic carboxylic acids is 1. The van der Waals surface area contributed by atoms with Crippen LogP contribution in [-0.2, 0) is 9.59 Å². The lowest BCUT2D eigenvalue weighted by Gasteiger charge is -2.04. The van der Waals surface area contributed by atoms with Crippen LogP contribution in [0.2, 0.25) is 0 Å². The summed E-state index contributed by atoms with van der Waals surface area (Å²) in [6.07, 6.45) is 3.84. The van der Waals surface area contributed by atoms with Crippen molar-refractivity contribution in [2.75, 3.05) is 6.54 Å². The maximum atomic E-state index is 10.9. The molecule has 0 saturated heterocycles. The molecule has 80 valence electrons. The van der Waals surface area contributed by atoms with Crippen molar-refractivity contribution in [3.63, 3.8) is 0 Å². The Hall–Kier alpha value is -1.32. The lowest BCUT2D eigenvalue weighted by molar-refractivity contribution is -0.131. The standard InChI is InChI=1S/C10H17NO3/c1-8(2)4-3-7-11-9(12)5-6-10(13)14/h5-6,8H,3-4,7H2,1-2H3,(H,11,12)(H,13,14)/b6-5+. The Morgan fingerprint density at radius 3 is 2.50 bits per heavy atom. The van der Waals surface area contributed by atoms with Gasteiger partial charge in [0.2, 0.25) is 5.91 Å². The minimum absolute atomic E-state index is 0.351. The van der Waals surface area contributed by atoms with E-state index in [1.54, 1.807) is 0 Å². The van der Waals surface area contributed by atoms with Crippen LogP contribution in [0.4, 0.5) is 0 Å². The summed E-state index contributed by atoms with van der Waals surface area (Å²) in [5.41, 5.74) is 0. The van der Waals surface area contributed by atoms with E-state index in [4.69, 9.17) is 5.11 Å². The molecular formula is C10H17NO3. The Morgan fingerprint density at radius 2 is 2.00 bits per heavy atom. The van der Waals surface area contributed by atoms with Crippen LogP contribution in [0.15, 0.2) is 12.2 Å². The van der Waals surface area contributed by atoms with Crippen LogP contribution in [0, 0.1) is 5.92 Å². The average molecular weight is 199 g/mol. The van der Waals surface area contributed by atoms with Crippen molar-refractivity contribution in [2.24, 2.45) is 5.92 Å². The number of carboxylic acids is 1. The highest BCUT2D eigenvalue weighted by atomic mass is 16.4. The highest BCUT2D eigenvalue weighted by Gasteiger charge is 1.97. The molecule has 0 bridgehead atoms. The third-order valence-corrected chi connectivity index (χ3v) is 1.63. The van der Waals surface area contributed by atoms with Gasteiger partial charge in [0.1, 0.15) is 0 Å². The largest absolute Gasteiger partial charge is 0.478 e. The zero-order valence-corrected chi connectivity index (χ0v) is 8.62. The van der Waals surface area contributed by atoms with Gasteiger partial charge in [0, 0.05) is 18.7 Å². The van der Waals surface area contributed by atoms with E-state index < -0.39 is 5.97 Å². The maximum absolute atomic E-state index is 10.9. The Morgan fingerprint density at radius 1 is 1.36 bits per heavy atom. The molecule has 0 aromatic carbocycles. The van der Waals surface area contributed by atoms with Crippen LogP contribution in [0.5, 0.6) is 0 Å². The summed E-state index contributed by atoms with van der Waals surface area (Å²) < 4.78 is 0. The van der Waals surface area contributed by atoms with Crippen molar-refractivity contribution in [1.29, 1.82) is 0 Å². The Labute approximate surface area is 84.0 Å². The quantitative estimate of drug-likeness (QED) is 0.498. The number of amides is 1. The summed E-state index contributed by atoms with van der Waals surface area (Å²) in [5.74, 6) is -0.833. The molecule has 0 aromatic rings. The second kappa shape index (κ2) is 7.12. The SMILES string of the molecule is CC(C)CCCNC(=O)/C=C/C(=O)O. The van der Waals surface area contributed by atoms with E-state index in [2.05, 4.69) is 19.2 Å². The van der Waals surface area contributed by atoms with Crippen molar-refractivity contribution < 1.29 is 14.7 Å². The first-order valence-corrected chi connectivity index (χ1v) is 4.71. The van der Waals surface area contributed by atoms with Gasteiger partial charge in [-0.25, -0.2) is 4.79 Å². The van der Waals surface area contributed by atoms with Crippen LogP contribution >= 0.6 is 0 Å². The number of carboxylic acid groups (broad SMARTS) is 1. The number of hydrogen-bond acceptors (Lipinski definition) is 2.